The topological polar surface area (TPSA) is 127 Å². The number of benzene rings is 1. The molecule has 0 fully saturated rings. The summed E-state index contributed by atoms with van der Waals surface area (Å²) in [6.45, 7) is 4.91. The molecule has 2 heterocycles. The second-order valence-electron chi connectivity index (χ2n) is 9.45. The molecule has 196 valence electrons. The van der Waals surface area contributed by atoms with Crippen molar-refractivity contribution in [2.45, 2.75) is 64.2 Å². The number of thioether (sulfide) groups is 1. The minimum Gasteiger partial charge on any atom is -0.480 e. The Balaban J connectivity index is 1.75. The first-order valence-electron chi connectivity index (χ1n) is 12.4. The molecule has 0 radical (unpaired) electrons. The lowest BCUT2D eigenvalue weighted by Gasteiger charge is -2.39. The summed E-state index contributed by atoms with van der Waals surface area (Å²) in [4.78, 5) is 47.9. The van der Waals surface area contributed by atoms with Crippen LogP contribution in [0.2, 0.25) is 0 Å². The number of rotatable bonds is 13. The molecule has 3 rings (SSSR count). The highest BCUT2D eigenvalue weighted by molar-refractivity contribution is 7.98. The van der Waals surface area contributed by atoms with Crippen LogP contribution in [-0.4, -0.2) is 74.4 Å². The van der Waals surface area contributed by atoms with E-state index in [0.717, 1.165) is 29.8 Å². The van der Waals surface area contributed by atoms with E-state index in [9.17, 15) is 19.5 Å². The summed E-state index contributed by atoms with van der Waals surface area (Å²) in [5, 5.41) is 15.7. The highest BCUT2D eigenvalue weighted by Crippen LogP contribution is 2.25. The van der Waals surface area contributed by atoms with Gasteiger partial charge in [0.05, 0.1) is 6.04 Å². The first-order chi connectivity index (χ1) is 17.3. The van der Waals surface area contributed by atoms with Gasteiger partial charge in [0.2, 0.25) is 11.8 Å². The number of aryl methyl sites for hydroxylation is 1. The van der Waals surface area contributed by atoms with Crippen molar-refractivity contribution in [2.24, 2.45) is 5.92 Å². The van der Waals surface area contributed by atoms with Gasteiger partial charge in [-0.15, -0.1) is 0 Å². The van der Waals surface area contributed by atoms with E-state index in [1.807, 2.05) is 44.4 Å². The Morgan fingerprint density at radius 3 is 2.64 bits per heavy atom. The zero-order valence-corrected chi connectivity index (χ0v) is 22.0. The van der Waals surface area contributed by atoms with Crippen molar-refractivity contribution >= 4 is 29.5 Å². The lowest BCUT2D eigenvalue weighted by molar-refractivity contribution is -0.146. The first kappa shape index (κ1) is 27.7. The van der Waals surface area contributed by atoms with Crippen molar-refractivity contribution in [3.8, 4) is 0 Å². The summed E-state index contributed by atoms with van der Waals surface area (Å²) in [5.41, 5.74) is 2.01. The fourth-order valence-electron chi connectivity index (χ4n) is 4.48. The van der Waals surface area contributed by atoms with Gasteiger partial charge in [0, 0.05) is 31.8 Å². The number of aliphatic carboxylic acids is 1. The lowest BCUT2D eigenvalue weighted by atomic mass is 9.91. The predicted molar refractivity (Wildman–Crippen MR) is 141 cm³/mol. The highest BCUT2D eigenvalue weighted by atomic mass is 32.2. The maximum absolute atomic E-state index is 13.8. The molecule has 1 aliphatic heterocycles. The van der Waals surface area contributed by atoms with Crippen LogP contribution in [0.15, 0.2) is 36.7 Å². The van der Waals surface area contributed by atoms with Crippen LogP contribution in [-0.2, 0) is 33.8 Å². The summed E-state index contributed by atoms with van der Waals surface area (Å²) in [5.74, 6) is -0.103. The van der Waals surface area contributed by atoms with Crippen LogP contribution in [0.4, 0.5) is 0 Å². The molecule has 4 N–H and O–H groups in total. The van der Waals surface area contributed by atoms with E-state index < -0.39 is 30.0 Å². The minimum absolute atomic E-state index is 0.00958. The number of nitrogens with one attached hydrogen (secondary N) is 3. The molecular weight excluding hydrogens is 478 g/mol. The minimum atomic E-state index is -1.07. The number of carboxylic acids is 1. The molecule has 0 spiro atoms. The molecule has 2 amide bonds. The van der Waals surface area contributed by atoms with E-state index in [4.69, 9.17) is 0 Å². The van der Waals surface area contributed by atoms with Crippen molar-refractivity contribution in [3.63, 3.8) is 0 Å². The highest BCUT2D eigenvalue weighted by Gasteiger charge is 2.39. The first-order valence-corrected chi connectivity index (χ1v) is 13.8. The van der Waals surface area contributed by atoms with Crippen molar-refractivity contribution in [2.75, 3.05) is 18.6 Å². The van der Waals surface area contributed by atoms with Gasteiger partial charge in [-0.3, -0.25) is 9.59 Å². The number of hydrogen-bond donors (Lipinski definition) is 4. The number of carboxylic acid groups (broad SMARTS) is 1. The maximum Gasteiger partial charge on any atom is 0.326 e. The van der Waals surface area contributed by atoms with E-state index in [-0.39, 0.29) is 11.8 Å². The van der Waals surface area contributed by atoms with E-state index in [2.05, 4.69) is 20.6 Å². The SMILES string of the molecule is CSCC[C@H](NC(=O)[C@@H]1Cc2ccccc2CN1C(=O)[C@@H](NCCCc1ncc[nH]1)C(C)C)C(=O)O. The molecule has 3 atom stereocenters. The number of aromatic nitrogens is 2. The van der Waals surface area contributed by atoms with Crippen LogP contribution in [0, 0.1) is 5.92 Å². The monoisotopic (exact) mass is 515 g/mol. The van der Waals surface area contributed by atoms with Gasteiger partial charge in [-0.05, 0) is 48.4 Å². The Morgan fingerprint density at radius 1 is 1.25 bits per heavy atom. The Bertz CT molecular complexity index is 1010. The molecule has 36 heavy (non-hydrogen) atoms. The van der Waals surface area contributed by atoms with E-state index in [1.165, 1.54) is 11.8 Å². The summed E-state index contributed by atoms with van der Waals surface area (Å²) in [6, 6.07) is 5.57. The fourth-order valence-corrected chi connectivity index (χ4v) is 4.96. The summed E-state index contributed by atoms with van der Waals surface area (Å²) >= 11 is 1.53. The molecule has 1 aromatic heterocycles. The van der Waals surface area contributed by atoms with Crippen molar-refractivity contribution in [3.05, 3.63) is 53.6 Å². The number of nitrogens with zero attached hydrogens (tertiary/aromatic N) is 2. The van der Waals surface area contributed by atoms with Crippen molar-refractivity contribution in [1.82, 2.24) is 25.5 Å². The molecule has 1 aromatic carbocycles. The maximum atomic E-state index is 13.8. The Morgan fingerprint density at radius 2 is 2.00 bits per heavy atom. The third-order valence-electron chi connectivity index (χ3n) is 6.50. The smallest absolute Gasteiger partial charge is 0.326 e. The third-order valence-corrected chi connectivity index (χ3v) is 7.15. The molecule has 0 bridgehead atoms. The average Bonchev–Trinajstić information content (AvgIpc) is 3.38. The van der Waals surface area contributed by atoms with Gasteiger partial charge in [0.25, 0.3) is 0 Å². The van der Waals surface area contributed by atoms with Crippen LogP contribution in [0.5, 0.6) is 0 Å². The molecule has 9 nitrogen and oxygen atoms in total. The normalized spacial score (nSPS) is 16.9. The van der Waals surface area contributed by atoms with Gasteiger partial charge >= 0.3 is 5.97 Å². The second-order valence-corrected chi connectivity index (χ2v) is 10.4. The van der Waals surface area contributed by atoms with E-state index >= 15 is 0 Å². The predicted octanol–water partition coefficient (Wildman–Crippen LogP) is 2.23. The van der Waals surface area contributed by atoms with Gasteiger partial charge in [-0.25, -0.2) is 9.78 Å². The van der Waals surface area contributed by atoms with Gasteiger partial charge in [0.15, 0.2) is 0 Å². The molecule has 1 aliphatic rings. The number of aromatic amines is 1. The van der Waals surface area contributed by atoms with E-state index in [1.54, 1.807) is 17.3 Å². The van der Waals surface area contributed by atoms with Crippen molar-refractivity contribution < 1.29 is 19.5 Å². The van der Waals surface area contributed by atoms with Crippen molar-refractivity contribution in [1.29, 1.82) is 0 Å². The van der Waals surface area contributed by atoms with Crippen LogP contribution in [0.1, 0.15) is 43.6 Å². The standard InChI is InChI=1S/C26H37N5O4S/c1-17(2)23(29-11-6-9-22-27-12-13-28-22)25(33)31-16-19-8-5-4-7-18(19)15-21(31)24(32)30-20(26(34)35)10-14-36-3/h4-5,7-8,12-13,17,20-21,23,29H,6,9-11,14-16H2,1-3H3,(H,27,28)(H,30,32)(H,34,35)/t20-,21-,23-/m0/s1. The molecular formula is C26H37N5O4S. The van der Waals surface area contributed by atoms with Gasteiger partial charge < -0.3 is 25.6 Å². The number of hydrogen-bond acceptors (Lipinski definition) is 6. The Kier molecular flexibility index (Phi) is 10.4. The average molecular weight is 516 g/mol. The number of H-pyrrole nitrogens is 1. The molecule has 2 aromatic rings. The molecule has 0 saturated carbocycles. The molecule has 0 saturated heterocycles. The van der Waals surface area contributed by atoms with Crippen LogP contribution >= 0.6 is 11.8 Å². The van der Waals surface area contributed by atoms with Gasteiger partial charge in [-0.1, -0.05) is 38.1 Å². The number of fused-ring (bicyclic) bond motifs is 1. The number of carbonyl (C=O) groups excluding carboxylic acids is 2. The van der Waals surface area contributed by atoms with Gasteiger partial charge in [-0.2, -0.15) is 11.8 Å². The molecule has 0 aliphatic carbocycles. The number of amides is 2. The lowest BCUT2D eigenvalue weighted by Crippen LogP contribution is -2.59. The zero-order chi connectivity index (χ0) is 26.1. The van der Waals surface area contributed by atoms with E-state index in [0.29, 0.717) is 31.7 Å². The number of carbonyl (C=O) groups is 3. The van der Waals surface area contributed by atoms with Gasteiger partial charge in [0.1, 0.15) is 17.9 Å². The largest absolute Gasteiger partial charge is 0.480 e. The van der Waals surface area contributed by atoms with Crippen LogP contribution in [0.25, 0.3) is 0 Å². The summed E-state index contributed by atoms with van der Waals surface area (Å²) in [6.07, 6.45) is 7.67. The fraction of sp³-hybridized carbons (Fsp3) is 0.538. The summed E-state index contributed by atoms with van der Waals surface area (Å²) < 4.78 is 0. The Labute approximate surface area is 216 Å². The summed E-state index contributed by atoms with van der Waals surface area (Å²) in [7, 11) is 0. The van der Waals surface area contributed by atoms with Crippen LogP contribution in [0.3, 0.4) is 0 Å². The third kappa shape index (κ3) is 7.33. The molecule has 10 heteroatoms. The quantitative estimate of drug-likeness (QED) is 0.301. The molecule has 0 unspecified atom stereocenters. The number of imidazole rings is 1. The Hall–Kier alpha value is -2.85. The second kappa shape index (κ2) is 13.5. The van der Waals surface area contributed by atoms with Crippen LogP contribution < -0.4 is 10.6 Å². The zero-order valence-electron chi connectivity index (χ0n) is 21.2.